The molecular formula is C19H27N5O4S. The van der Waals surface area contributed by atoms with Crippen LogP contribution in [0.25, 0.3) is 0 Å². The standard InChI is InChI=1S/C19H27N5O4S/c1-12-4-3-5-16(13(12)2)21-19(29)23-22-17(25)10-11-20-18(26)14-6-8-15(9-7-14)24(27)28/h6-9,12-13,16H,3-5,10-11H2,1-2H3,(H,20,26)(H,22,25)(H2,21,23,29)/t12-,13+,16-/m0/s1. The summed E-state index contributed by atoms with van der Waals surface area (Å²) in [5.41, 5.74) is 5.41. The molecule has 3 atom stereocenters. The van der Waals surface area contributed by atoms with Crippen molar-refractivity contribution in [2.45, 2.75) is 45.6 Å². The predicted molar refractivity (Wildman–Crippen MR) is 113 cm³/mol. The number of nitro groups is 1. The van der Waals surface area contributed by atoms with Gasteiger partial charge in [-0.25, -0.2) is 0 Å². The third kappa shape index (κ3) is 6.97. The van der Waals surface area contributed by atoms with Crippen molar-refractivity contribution in [2.24, 2.45) is 11.8 Å². The highest BCUT2D eigenvalue weighted by atomic mass is 32.1. The number of nitrogens with zero attached hydrogens (tertiary/aromatic N) is 1. The minimum atomic E-state index is -0.534. The number of nitrogens with one attached hydrogen (secondary N) is 4. The molecule has 29 heavy (non-hydrogen) atoms. The SMILES string of the molecule is C[C@H]1[C@@H](NC(=S)NNC(=O)CCNC(=O)c2ccc([N+](=O)[O-])cc2)CCC[C@@H]1C. The zero-order chi connectivity index (χ0) is 21.4. The molecule has 0 aromatic heterocycles. The molecule has 0 heterocycles. The van der Waals surface area contributed by atoms with Crippen LogP contribution in [-0.4, -0.2) is 34.4 Å². The summed E-state index contributed by atoms with van der Waals surface area (Å²) in [7, 11) is 0. The van der Waals surface area contributed by atoms with Crippen molar-refractivity contribution in [1.29, 1.82) is 0 Å². The molecule has 0 aliphatic heterocycles. The van der Waals surface area contributed by atoms with Gasteiger partial charge in [-0.1, -0.05) is 26.7 Å². The molecule has 10 heteroatoms. The van der Waals surface area contributed by atoms with Crippen LogP contribution in [0.5, 0.6) is 0 Å². The maximum Gasteiger partial charge on any atom is 0.269 e. The lowest BCUT2D eigenvalue weighted by Crippen LogP contribution is -2.52. The second kappa shape index (κ2) is 10.7. The van der Waals surface area contributed by atoms with Crippen LogP contribution < -0.4 is 21.5 Å². The van der Waals surface area contributed by atoms with Gasteiger partial charge in [0.15, 0.2) is 5.11 Å². The van der Waals surface area contributed by atoms with Crippen molar-refractivity contribution < 1.29 is 14.5 Å². The van der Waals surface area contributed by atoms with Crippen molar-refractivity contribution >= 4 is 34.8 Å². The molecule has 0 saturated heterocycles. The number of thiocarbonyl (C=S) groups is 1. The van der Waals surface area contributed by atoms with Crippen molar-refractivity contribution in [2.75, 3.05) is 6.54 Å². The Morgan fingerprint density at radius 2 is 1.86 bits per heavy atom. The second-order valence-electron chi connectivity index (χ2n) is 7.33. The number of non-ortho nitro benzene ring substituents is 1. The zero-order valence-corrected chi connectivity index (χ0v) is 17.4. The number of rotatable bonds is 6. The Morgan fingerprint density at radius 3 is 2.52 bits per heavy atom. The number of hydrogen-bond donors (Lipinski definition) is 4. The van der Waals surface area contributed by atoms with Gasteiger partial charge >= 0.3 is 0 Å². The molecule has 1 aliphatic rings. The van der Waals surface area contributed by atoms with E-state index >= 15 is 0 Å². The van der Waals surface area contributed by atoms with Gasteiger partial charge in [0.05, 0.1) is 4.92 Å². The van der Waals surface area contributed by atoms with Crippen molar-refractivity contribution in [3.05, 3.63) is 39.9 Å². The van der Waals surface area contributed by atoms with E-state index < -0.39 is 10.8 Å². The highest BCUT2D eigenvalue weighted by Gasteiger charge is 2.27. The monoisotopic (exact) mass is 421 g/mol. The number of nitro benzene ring substituents is 1. The number of benzene rings is 1. The number of carbonyl (C=O) groups is 2. The van der Waals surface area contributed by atoms with Gasteiger partial charge in [0.2, 0.25) is 5.91 Å². The third-order valence-electron chi connectivity index (χ3n) is 5.32. The first kappa shape index (κ1) is 22.5. The van der Waals surface area contributed by atoms with E-state index in [-0.39, 0.29) is 36.2 Å². The van der Waals surface area contributed by atoms with Crippen molar-refractivity contribution in [1.82, 2.24) is 21.5 Å². The van der Waals surface area contributed by atoms with E-state index in [1.54, 1.807) is 0 Å². The molecule has 9 nitrogen and oxygen atoms in total. The van der Waals surface area contributed by atoms with E-state index in [0.29, 0.717) is 16.9 Å². The number of hydrazine groups is 1. The van der Waals surface area contributed by atoms with Crippen molar-refractivity contribution in [3.8, 4) is 0 Å². The molecule has 2 amide bonds. The minimum Gasteiger partial charge on any atom is -0.358 e. The molecule has 1 fully saturated rings. The summed E-state index contributed by atoms with van der Waals surface area (Å²) in [5, 5.41) is 16.8. The Bertz CT molecular complexity index is 755. The lowest BCUT2D eigenvalue weighted by molar-refractivity contribution is -0.384. The van der Waals surface area contributed by atoms with Crippen LogP contribution in [0.3, 0.4) is 0 Å². The fourth-order valence-electron chi connectivity index (χ4n) is 3.31. The Kier molecular flexibility index (Phi) is 8.32. The summed E-state index contributed by atoms with van der Waals surface area (Å²) in [4.78, 5) is 34.0. The van der Waals surface area contributed by atoms with Gasteiger partial charge in [-0.05, 0) is 42.6 Å². The first-order chi connectivity index (χ1) is 13.8. The highest BCUT2D eigenvalue weighted by molar-refractivity contribution is 7.80. The summed E-state index contributed by atoms with van der Waals surface area (Å²) in [6.07, 6.45) is 3.50. The van der Waals surface area contributed by atoms with Crippen LogP contribution in [0.2, 0.25) is 0 Å². The zero-order valence-electron chi connectivity index (χ0n) is 16.6. The average Bonchev–Trinajstić information content (AvgIpc) is 2.70. The third-order valence-corrected chi connectivity index (χ3v) is 5.54. The molecular weight excluding hydrogens is 394 g/mol. The van der Waals surface area contributed by atoms with Crippen LogP contribution in [0.1, 0.15) is 49.9 Å². The molecule has 0 spiro atoms. The van der Waals surface area contributed by atoms with Crippen LogP contribution in [-0.2, 0) is 4.79 Å². The van der Waals surface area contributed by atoms with E-state index in [0.717, 1.165) is 12.8 Å². The van der Waals surface area contributed by atoms with E-state index in [9.17, 15) is 19.7 Å². The van der Waals surface area contributed by atoms with Crippen LogP contribution in [0.4, 0.5) is 5.69 Å². The van der Waals surface area contributed by atoms with Gasteiger partial charge in [-0.15, -0.1) is 0 Å². The summed E-state index contributed by atoms with van der Waals surface area (Å²) < 4.78 is 0. The minimum absolute atomic E-state index is 0.0607. The number of carbonyl (C=O) groups excluding carboxylic acids is 2. The van der Waals surface area contributed by atoms with E-state index in [2.05, 4.69) is 35.3 Å². The summed E-state index contributed by atoms with van der Waals surface area (Å²) in [6, 6.07) is 5.54. The predicted octanol–water partition coefficient (Wildman–Crippen LogP) is 2.03. The van der Waals surface area contributed by atoms with E-state index in [1.165, 1.54) is 30.7 Å². The summed E-state index contributed by atoms with van der Waals surface area (Å²) in [5.74, 6) is 0.424. The maximum atomic E-state index is 12.0. The highest BCUT2D eigenvalue weighted by Crippen LogP contribution is 2.29. The van der Waals surface area contributed by atoms with Gasteiger partial charge in [0.1, 0.15) is 0 Å². The van der Waals surface area contributed by atoms with Gasteiger partial charge in [-0.2, -0.15) is 0 Å². The Hall–Kier alpha value is -2.75. The Balaban J connectivity index is 1.65. The van der Waals surface area contributed by atoms with Gasteiger partial charge in [0.25, 0.3) is 11.6 Å². The van der Waals surface area contributed by atoms with E-state index in [1.807, 2.05) is 0 Å². The summed E-state index contributed by atoms with van der Waals surface area (Å²) in [6.45, 7) is 4.57. The van der Waals surface area contributed by atoms with E-state index in [4.69, 9.17) is 12.2 Å². The molecule has 1 aromatic carbocycles. The molecule has 1 aromatic rings. The van der Waals surface area contributed by atoms with Crippen LogP contribution >= 0.6 is 12.2 Å². The lowest BCUT2D eigenvalue weighted by atomic mass is 9.78. The fourth-order valence-corrected chi connectivity index (χ4v) is 3.51. The number of hydrogen-bond acceptors (Lipinski definition) is 5. The van der Waals surface area contributed by atoms with Crippen LogP contribution in [0.15, 0.2) is 24.3 Å². The quantitative estimate of drug-likeness (QED) is 0.315. The molecule has 2 rings (SSSR count). The summed E-state index contributed by atoms with van der Waals surface area (Å²) >= 11 is 5.24. The Labute approximate surface area is 175 Å². The number of amides is 2. The maximum absolute atomic E-state index is 12.0. The topological polar surface area (TPSA) is 125 Å². The largest absolute Gasteiger partial charge is 0.358 e. The molecule has 1 aliphatic carbocycles. The van der Waals surface area contributed by atoms with Gasteiger partial charge < -0.3 is 10.6 Å². The lowest BCUT2D eigenvalue weighted by Gasteiger charge is -2.35. The molecule has 0 radical (unpaired) electrons. The normalized spacial score (nSPS) is 21.0. The van der Waals surface area contributed by atoms with Crippen LogP contribution in [0, 0.1) is 22.0 Å². The molecule has 0 unspecified atom stereocenters. The average molecular weight is 422 g/mol. The Morgan fingerprint density at radius 1 is 1.17 bits per heavy atom. The fraction of sp³-hybridized carbons (Fsp3) is 0.526. The van der Waals surface area contributed by atoms with Crippen molar-refractivity contribution in [3.63, 3.8) is 0 Å². The van der Waals surface area contributed by atoms with Gasteiger partial charge in [-0.3, -0.25) is 30.6 Å². The molecule has 4 N–H and O–H groups in total. The smallest absolute Gasteiger partial charge is 0.269 e. The molecule has 0 bridgehead atoms. The molecule has 158 valence electrons. The second-order valence-corrected chi connectivity index (χ2v) is 7.74. The first-order valence-corrected chi connectivity index (χ1v) is 10.1. The molecule has 1 saturated carbocycles. The first-order valence-electron chi connectivity index (χ1n) is 9.66. The van der Waals surface area contributed by atoms with Gasteiger partial charge in [0, 0.05) is 36.7 Å².